The molecule has 1 amide bonds. The molecular formula is C22H28ClN3O3S. The fraction of sp³-hybridized carbons (Fsp3) is 0.409. The van der Waals surface area contributed by atoms with Crippen LogP contribution in [0.5, 0.6) is 0 Å². The zero-order chi connectivity index (χ0) is 21.7. The van der Waals surface area contributed by atoms with Crippen molar-refractivity contribution < 1.29 is 13.2 Å². The Morgan fingerprint density at radius 2 is 1.73 bits per heavy atom. The smallest absolute Gasteiger partial charge is 0.243 e. The first kappa shape index (κ1) is 22.7. The zero-order valence-corrected chi connectivity index (χ0v) is 18.9. The average molecular weight is 450 g/mol. The van der Waals surface area contributed by atoms with Crippen molar-refractivity contribution in [3.8, 4) is 0 Å². The summed E-state index contributed by atoms with van der Waals surface area (Å²) in [6.07, 6.45) is 2.86. The van der Waals surface area contributed by atoms with Gasteiger partial charge in [0.1, 0.15) is 0 Å². The van der Waals surface area contributed by atoms with Gasteiger partial charge in [-0.1, -0.05) is 36.2 Å². The van der Waals surface area contributed by atoms with E-state index in [1.807, 2.05) is 43.1 Å². The summed E-state index contributed by atoms with van der Waals surface area (Å²) >= 11 is 6.21. The third kappa shape index (κ3) is 5.40. The monoisotopic (exact) mass is 449 g/mol. The number of likely N-dealkylation sites (N-methyl/N-ethyl adjacent to an activating group) is 1. The largest absolute Gasteiger partial charge is 0.325 e. The summed E-state index contributed by atoms with van der Waals surface area (Å²) < 4.78 is 27.0. The number of nitrogens with one attached hydrogen (secondary N) is 1. The van der Waals surface area contributed by atoms with Gasteiger partial charge in [-0.05, 0) is 62.7 Å². The predicted octanol–water partition coefficient (Wildman–Crippen LogP) is 3.97. The van der Waals surface area contributed by atoms with Crippen LogP contribution < -0.4 is 5.32 Å². The average Bonchev–Trinajstić information content (AvgIpc) is 2.75. The molecule has 1 N–H and O–H groups in total. The van der Waals surface area contributed by atoms with Gasteiger partial charge in [-0.15, -0.1) is 0 Å². The minimum Gasteiger partial charge on any atom is -0.325 e. The second-order valence-electron chi connectivity index (χ2n) is 7.66. The first-order valence-corrected chi connectivity index (χ1v) is 12.0. The Kier molecular flexibility index (Phi) is 7.52. The maximum Gasteiger partial charge on any atom is 0.243 e. The van der Waals surface area contributed by atoms with Gasteiger partial charge in [0, 0.05) is 30.3 Å². The lowest BCUT2D eigenvalue weighted by atomic mass is 10.2. The first-order chi connectivity index (χ1) is 14.3. The zero-order valence-electron chi connectivity index (χ0n) is 17.3. The number of rotatable bonds is 7. The van der Waals surface area contributed by atoms with E-state index in [-0.39, 0.29) is 10.8 Å². The maximum atomic E-state index is 12.7. The van der Waals surface area contributed by atoms with E-state index in [1.165, 1.54) is 4.31 Å². The molecule has 1 atom stereocenters. The van der Waals surface area contributed by atoms with Gasteiger partial charge < -0.3 is 5.32 Å². The van der Waals surface area contributed by atoms with Crippen LogP contribution in [0.4, 0.5) is 5.69 Å². The summed E-state index contributed by atoms with van der Waals surface area (Å²) in [6.45, 7) is 3.49. The van der Waals surface area contributed by atoms with Crippen LogP contribution in [0.25, 0.3) is 0 Å². The molecule has 3 rings (SSSR count). The number of benzene rings is 2. The van der Waals surface area contributed by atoms with Crippen LogP contribution >= 0.6 is 11.6 Å². The summed E-state index contributed by atoms with van der Waals surface area (Å²) in [7, 11) is -1.61. The number of carbonyl (C=O) groups excluding carboxylic acids is 1. The second kappa shape index (κ2) is 9.92. The lowest BCUT2D eigenvalue weighted by Crippen LogP contribution is -2.39. The van der Waals surface area contributed by atoms with Crippen LogP contribution in [-0.4, -0.2) is 49.7 Å². The number of hydrogen-bond acceptors (Lipinski definition) is 4. The molecule has 0 aliphatic carbocycles. The highest BCUT2D eigenvalue weighted by atomic mass is 35.5. The molecular weight excluding hydrogens is 422 g/mol. The highest BCUT2D eigenvalue weighted by molar-refractivity contribution is 7.89. The third-order valence-electron chi connectivity index (χ3n) is 5.49. The summed E-state index contributed by atoms with van der Waals surface area (Å²) in [4.78, 5) is 14.8. The van der Waals surface area contributed by atoms with Crippen LogP contribution in [-0.2, 0) is 21.4 Å². The van der Waals surface area contributed by atoms with E-state index in [9.17, 15) is 13.2 Å². The van der Waals surface area contributed by atoms with Crippen LogP contribution in [0.3, 0.4) is 0 Å². The molecule has 162 valence electrons. The van der Waals surface area contributed by atoms with Crippen molar-refractivity contribution in [1.82, 2.24) is 9.21 Å². The van der Waals surface area contributed by atoms with Crippen LogP contribution in [0.2, 0.25) is 5.02 Å². The van der Waals surface area contributed by atoms with Crippen molar-refractivity contribution in [1.29, 1.82) is 0 Å². The van der Waals surface area contributed by atoms with Crippen LogP contribution in [0.1, 0.15) is 31.7 Å². The Morgan fingerprint density at radius 3 is 2.37 bits per heavy atom. The molecule has 30 heavy (non-hydrogen) atoms. The molecule has 0 bridgehead atoms. The molecule has 1 aliphatic heterocycles. The normalized spacial score (nSPS) is 16.4. The highest BCUT2D eigenvalue weighted by Gasteiger charge is 2.26. The van der Waals surface area contributed by atoms with Crippen molar-refractivity contribution in [2.45, 2.75) is 43.7 Å². The van der Waals surface area contributed by atoms with E-state index in [1.54, 1.807) is 24.3 Å². The number of anilines is 1. The number of sulfonamides is 1. The van der Waals surface area contributed by atoms with Gasteiger partial charge in [0.2, 0.25) is 15.9 Å². The van der Waals surface area contributed by atoms with Gasteiger partial charge in [0.15, 0.2) is 0 Å². The molecule has 0 aromatic heterocycles. The third-order valence-corrected chi connectivity index (χ3v) is 7.77. The Balaban J connectivity index is 1.61. The van der Waals surface area contributed by atoms with Crippen LogP contribution in [0, 0.1) is 0 Å². The summed E-state index contributed by atoms with van der Waals surface area (Å²) in [5, 5.41) is 3.53. The van der Waals surface area contributed by atoms with E-state index < -0.39 is 16.1 Å². The number of amides is 1. The first-order valence-electron chi connectivity index (χ1n) is 10.1. The van der Waals surface area contributed by atoms with Crippen molar-refractivity contribution in [2.75, 3.05) is 25.5 Å². The van der Waals surface area contributed by atoms with Crippen molar-refractivity contribution in [2.24, 2.45) is 0 Å². The van der Waals surface area contributed by atoms with Gasteiger partial charge in [-0.25, -0.2) is 8.42 Å². The predicted molar refractivity (Wildman–Crippen MR) is 120 cm³/mol. The Morgan fingerprint density at radius 1 is 1.10 bits per heavy atom. The van der Waals surface area contributed by atoms with Crippen molar-refractivity contribution in [3.63, 3.8) is 0 Å². The molecule has 8 heteroatoms. The Labute approximate surface area is 183 Å². The molecule has 0 radical (unpaired) electrons. The lowest BCUT2D eigenvalue weighted by molar-refractivity contribution is -0.120. The van der Waals surface area contributed by atoms with E-state index in [4.69, 9.17) is 11.6 Å². The molecule has 1 fully saturated rings. The Hall–Kier alpha value is -1.93. The number of hydrogen-bond donors (Lipinski definition) is 1. The molecule has 2 aromatic rings. The van der Waals surface area contributed by atoms with E-state index in [2.05, 4.69) is 5.32 Å². The van der Waals surface area contributed by atoms with E-state index in [0.717, 1.165) is 24.8 Å². The highest BCUT2D eigenvalue weighted by Crippen LogP contribution is 2.22. The molecule has 1 saturated heterocycles. The van der Waals surface area contributed by atoms with Gasteiger partial charge >= 0.3 is 0 Å². The minimum atomic E-state index is -3.48. The SMILES string of the molecule is CC(C(=O)Nc1ccc(S(=O)(=O)N2CCCCC2)cc1)N(C)Cc1ccccc1Cl. The van der Waals surface area contributed by atoms with E-state index in [0.29, 0.717) is 30.3 Å². The fourth-order valence-electron chi connectivity index (χ4n) is 3.44. The van der Waals surface area contributed by atoms with E-state index >= 15 is 0 Å². The van der Waals surface area contributed by atoms with Crippen molar-refractivity contribution >= 4 is 33.2 Å². The second-order valence-corrected chi connectivity index (χ2v) is 10.0. The van der Waals surface area contributed by atoms with Gasteiger partial charge in [-0.3, -0.25) is 9.69 Å². The van der Waals surface area contributed by atoms with Crippen LogP contribution in [0.15, 0.2) is 53.4 Å². The number of halogens is 1. The molecule has 2 aromatic carbocycles. The number of piperidine rings is 1. The van der Waals surface area contributed by atoms with Crippen molar-refractivity contribution in [3.05, 3.63) is 59.1 Å². The fourth-order valence-corrected chi connectivity index (χ4v) is 5.16. The maximum absolute atomic E-state index is 12.7. The molecule has 1 heterocycles. The Bertz CT molecular complexity index is 973. The van der Waals surface area contributed by atoms with Gasteiger partial charge in [0.25, 0.3) is 0 Å². The standard InChI is InChI=1S/C22H28ClN3O3S/c1-17(25(2)16-18-8-4-5-9-21(18)23)22(27)24-19-10-12-20(13-11-19)30(28,29)26-14-6-3-7-15-26/h4-5,8-13,17H,3,6-7,14-16H2,1-2H3,(H,24,27). The molecule has 1 aliphatic rings. The van der Waals surface area contributed by atoms with Gasteiger partial charge in [0.05, 0.1) is 10.9 Å². The quantitative estimate of drug-likeness (QED) is 0.694. The minimum absolute atomic E-state index is 0.170. The summed E-state index contributed by atoms with van der Waals surface area (Å²) in [6, 6.07) is 13.5. The topological polar surface area (TPSA) is 69.7 Å². The number of nitrogens with zero attached hydrogens (tertiary/aromatic N) is 2. The molecule has 6 nitrogen and oxygen atoms in total. The lowest BCUT2D eigenvalue weighted by Gasteiger charge is -2.26. The number of carbonyl (C=O) groups is 1. The van der Waals surface area contributed by atoms with Gasteiger partial charge in [-0.2, -0.15) is 4.31 Å². The molecule has 0 saturated carbocycles. The summed E-state index contributed by atoms with van der Waals surface area (Å²) in [5.74, 6) is -0.170. The summed E-state index contributed by atoms with van der Waals surface area (Å²) in [5.41, 5.74) is 1.52. The molecule has 0 spiro atoms. The molecule has 1 unspecified atom stereocenters.